The van der Waals surface area contributed by atoms with E-state index in [9.17, 15) is 43.2 Å². The van der Waals surface area contributed by atoms with E-state index in [1.165, 1.54) is 57.8 Å². The van der Waals surface area contributed by atoms with E-state index in [1.54, 1.807) is 0 Å². The first kappa shape index (κ1) is 102. The van der Waals surface area contributed by atoms with Crippen molar-refractivity contribution < 1.29 is 80.2 Å². The standard InChI is InChI=1S/C89H144O17P2/c1-5-9-13-17-21-25-29-33-37-39-41-43-47-50-54-58-62-66-70-74-87(92)100-80-84(105-88(93)75-71-67-63-59-55-51-46-36-32-28-24-20-16-12-8-4)81-103-107(95,96)101-77-83(90)78-102-108(97,98)104-82-85(79-99-86(91)73-69-65-61-57-53-49-45-35-31-27-23-19-15-11-7-3)106-89(94)76-72-68-64-60-56-52-48-44-42-40-38-34-30-26-22-18-14-10-6-2/h9-10,13-14,21-22,24-26,28,33-38,41-46,50,52,54,56,62,64,66,68,83-85,90H,5-8,11-12,15-20,23,27,29-32,39-40,47-49,51,53,55,57-61,63,65,67,69-82H2,1-4H3,(H,95,96)(H,97,98)/b13-9-,14-10-,25-21-,26-22-,28-24-,37-33-,38-34-,43-41-,44-42-,45-35-,46-36-,54-50-,56-52-,66-62-,68-64-/t83-,84-,85-/m1/s1. The molecule has 0 aromatic heterocycles. The van der Waals surface area contributed by atoms with Gasteiger partial charge in [-0.1, -0.05) is 293 Å². The van der Waals surface area contributed by atoms with E-state index in [1.807, 2.05) is 36.5 Å². The number of esters is 4. The summed E-state index contributed by atoms with van der Waals surface area (Å²) >= 11 is 0. The Bertz CT molecular complexity index is 2760. The minimum Gasteiger partial charge on any atom is -0.462 e. The number of carbonyl (C=O) groups is 4. The number of aliphatic hydroxyl groups is 1. The number of unbranched alkanes of at least 4 members (excludes halogenated alkanes) is 19. The number of aliphatic hydroxyl groups excluding tert-OH is 1. The van der Waals surface area contributed by atoms with Crippen LogP contribution in [0.15, 0.2) is 182 Å². The molecule has 3 N–H and O–H groups in total. The van der Waals surface area contributed by atoms with Crippen molar-refractivity contribution in [2.75, 3.05) is 39.6 Å². The van der Waals surface area contributed by atoms with E-state index in [-0.39, 0.29) is 25.7 Å². The maximum absolute atomic E-state index is 13.1. The van der Waals surface area contributed by atoms with Crippen LogP contribution in [0, 0.1) is 0 Å². The van der Waals surface area contributed by atoms with Crippen molar-refractivity contribution in [2.45, 2.75) is 316 Å². The van der Waals surface area contributed by atoms with Gasteiger partial charge < -0.3 is 33.8 Å². The van der Waals surface area contributed by atoms with Gasteiger partial charge in [-0.3, -0.25) is 37.3 Å². The summed E-state index contributed by atoms with van der Waals surface area (Å²) in [6.45, 7) is 4.41. The Kier molecular flexibility index (Phi) is 75.0. The van der Waals surface area contributed by atoms with Gasteiger partial charge in [0.25, 0.3) is 0 Å². The molecule has 17 nitrogen and oxygen atoms in total. The van der Waals surface area contributed by atoms with E-state index >= 15 is 0 Å². The molecule has 19 heteroatoms. The molecule has 0 aromatic rings. The normalized spacial score (nSPS) is 14.8. The molecule has 0 aliphatic rings. The van der Waals surface area contributed by atoms with Crippen LogP contribution in [0.3, 0.4) is 0 Å². The zero-order valence-electron chi connectivity index (χ0n) is 66.9. The lowest BCUT2D eigenvalue weighted by Gasteiger charge is -2.21. The lowest BCUT2D eigenvalue weighted by Crippen LogP contribution is -2.30. The number of allylic oxidation sites excluding steroid dienone is 30. The van der Waals surface area contributed by atoms with E-state index in [0.717, 1.165) is 148 Å². The topological polar surface area (TPSA) is 237 Å². The largest absolute Gasteiger partial charge is 0.472 e. The zero-order valence-corrected chi connectivity index (χ0v) is 68.7. The van der Waals surface area contributed by atoms with Crippen LogP contribution in [0.1, 0.15) is 297 Å². The highest BCUT2D eigenvalue weighted by atomic mass is 31.2. The second kappa shape index (κ2) is 79.3. The summed E-state index contributed by atoms with van der Waals surface area (Å²) < 4.78 is 68.5. The van der Waals surface area contributed by atoms with Gasteiger partial charge in [-0.2, -0.15) is 0 Å². The van der Waals surface area contributed by atoms with Crippen LogP contribution in [0.4, 0.5) is 0 Å². The van der Waals surface area contributed by atoms with E-state index in [4.69, 9.17) is 37.0 Å². The molecule has 612 valence electrons. The molecule has 2 unspecified atom stereocenters. The van der Waals surface area contributed by atoms with Crippen molar-refractivity contribution in [1.29, 1.82) is 0 Å². The number of phosphoric acid groups is 2. The van der Waals surface area contributed by atoms with Crippen molar-refractivity contribution in [3.05, 3.63) is 182 Å². The highest BCUT2D eigenvalue weighted by Gasteiger charge is 2.30. The second-order valence-electron chi connectivity index (χ2n) is 26.6. The summed E-state index contributed by atoms with van der Waals surface area (Å²) in [5.41, 5.74) is 0. The Hall–Kier alpha value is -5.84. The smallest absolute Gasteiger partial charge is 0.462 e. The van der Waals surface area contributed by atoms with Gasteiger partial charge in [0.2, 0.25) is 0 Å². The third-order valence-electron chi connectivity index (χ3n) is 16.4. The molecule has 5 atom stereocenters. The molecule has 0 amide bonds. The van der Waals surface area contributed by atoms with Gasteiger partial charge in [-0.15, -0.1) is 0 Å². The Labute approximate surface area is 654 Å². The molecule has 0 fully saturated rings. The molecule has 0 rings (SSSR count). The molecule has 0 radical (unpaired) electrons. The molecule has 0 heterocycles. The highest BCUT2D eigenvalue weighted by molar-refractivity contribution is 7.47. The van der Waals surface area contributed by atoms with Gasteiger partial charge in [0.15, 0.2) is 12.2 Å². The SMILES string of the molecule is CC/C=C\C/C=C\C/C=C\C/C=C\C/C=C\C/C=C\CCC(=O)OC[C@H](COP(=O)(O)OC[C@@H](O)COP(=O)(O)OC[C@@H](COC(=O)CCCCCCC/C=C\CCCCCCCC)OC(=O)CC/C=C\C/C=C\C/C=C\C/C=C\C/C=C\C/C=C\CC)OC(=O)CCCCCCC/C=C\C/C=C\CCCCC. The highest BCUT2D eigenvalue weighted by Crippen LogP contribution is 2.45. The molecule has 0 bridgehead atoms. The average Bonchev–Trinajstić information content (AvgIpc) is 0.914. The first-order chi connectivity index (χ1) is 52.7. The maximum atomic E-state index is 13.1. The Morgan fingerprint density at radius 3 is 0.843 bits per heavy atom. The third-order valence-corrected chi connectivity index (χ3v) is 18.3. The van der Waals surface area contributed by atoms with Crippen molar-refractivity contribution in [3.63, 3.8) is 0 Å². The van der Waals surface area contributed by atoms with Crippen molar-refractivity contribution in [2.24, 2.45) is 0 Å². The van der Waals surface area contributed by atoms with Gasteiger partial charge >= 0.3 is 39.5 Å². The number of carbonyl (C=O) groups excluding carboxylic acids is 4. The molecule has 0 spiro atoms. The predicted octanol–water partition coefficient (Wildman–Crippen LogP) is 24.3. The van der Waals surface area contributed by atoms with Crippen molar-refractivity contribution in [1.82, 2.24) is 0 Å². The monoisotopic (exact) mass is 1550 g/mol. The average molecular weight is 1550 g/mol. The molecule has 0 aliphatic heterocycles. The maximum Gasteiger partial charge on any atom is 0.472 e. The fraction of sp³-hybridized carbons (Fsp3) is 0.618. The summed E-state index contributed by atoms with van der Waals surface area (Å²) in [5.74, 6) is -2.41. The molecule has 0 saturated heterocycles. The second-order valence-corrected chi connectivity index (χ2v) is 29.5. The minimum absolute atomic E-state index is 0.0250. The summed E-state index contributed by atoms with van der Waals surface area (Å²) in [4.78, 5) is 73.1. The van der Waals surface area contributed by atoms with E-state index < -0.39 is 97.5 Å². The zero-order chi connectivity index (χ0) is 78.9. The molecular formula is C89H144O17P2. The van der Waals surface area contributed by atoms with Crippen LogP contribution in [-0.2, 0) is 65.4 Å². The summed E-state index contributed by atoms with van der Waals surface area (Å²) in [6, 6.07) is 0. The first-order valence-corrected chi connectivity index (χ1v) is 44.0. The Balaban J connectivity index is 5.54. The van der Waals surface area contributed by atoms with Crippen LogP contribution < -0.4 is 0 Å². The van der Waals surface area contributed by atoms with Gasteiger partial charge in [0.1, 0.15) is 19.3 Å². The van der Waals surface area contributed by atoms with E-state index in [2.05, 4.69) is 174 Å². The fourth-order valence-electron chi connectivity index (χ4n) is 10.2. The summed E-state index contributed by atoms with van der Waals surface area (Å²) in [6.07, 6.45) is 96.1. The van der Waals surface area contributed by atoms with E-state index in [0.29, 0.717) is 38.5 Å². The minimum atomic E-state index is -5.01. The van der Waals surface area contributed by atoms with Gasteiger partial charge in [-0.05, 0) is 161 Å². The van der Waals surface area contributed by atoms with Crippen LogP contribution in [0.5, 0.6) is 0 Å². The number of phosphoric ester groups is 2. The van der Waals surface area contributed by atoms with Crippen molar-refractivity contribution in [3.8, 4) is 0 Å². The molecule has 0 saturated carbocycles. The van der Waals surface area contributed by atoms with Crippen LogP contribution in [-0.4, -0.2) is 96.7 Å². The molecule has 108 heavy (non-hydrogen) atoms. The van der Waals surface area contributed by atoms with Crippen LogP contribution >= 0.6 is 15.6 Å². The number of hydrogen-bond acceptors (Lipinski definition) is 15. The fourth-order valence-corrected chi connectivity index (χ4v) is 11.8. The first-order valence-electron chi connectivity index (χ1n) is 41.0. The lowest BCUT2D eigenvalue weighted by atomic mass is 10.1. The molecule has 0 aromatic carbocycles. The molecular weight excluding hydrogens is 1400 g/mol. The number of hydrogen-bond donors (Lipinski definition) is 3. The quantitative estimate of drug-likeness (QED) is 0.0169. The van der Waals surface area contributed by atoms with Crippen LogP contribution in [0.25, 0.3) is 0 Å². The summed E-state index contributed by atoms with van der Waals surface area (Å²) in [5, 5.41) is 10.7. The van der Waals surface area contributed by atoms with Gasteiger partial charge in [0.05, 0.1) is 26.4 Å². The predicted molar refractivity (Wildman–Crippen MR) is 445 cm³/mol. The van der Waals surface area contributed by atoms with Gasteiger partial charge in [0, 0.05) is 25.7 Å². The Morgan fingerprint density at radius 2 is 0.500 bits per heavy atom. The van der Waals surface area contributed by atoms with Gasteiger partial charge in [-0.25, -0.2) is 9.13 Å². The van der Waals surface area contributed by atoms with Crippen LogP contribution in [0.2, 0.25) is 0 Å². The summed E-state index contributed by atoms with van der Waals surface area (Å²) in [7, 11) is -10.0. The number of rotatable bonds is 75. The molecule has 0 aliphatic carbocycles. The van der Waals surface area contributed by atoms with Crippen molar-refractivity contribution >= 4 is 39.5 Å². The number of ether oxygens (including phenoxy) is 4. The lowest BCUT2D eigenvalue weighted by molar-refractivity contribution is -0.161. The Morgan fingerprint density at radius 1 is 0.269 bits per heavy atom. The third kappa shape index (κ3) is 78.3.